The van der Waals surface area contributed by atoms with Gasteiger partial charge in [-0.1, -0.05) is 6.92 Å². The monoisotopic (exact) mass is 224 g/mol. The fourth-order valence-electron chi connectivity index (χ4n) is 1.05. The van der Waals surface area contributed by atoms with E-state index in [0.29, 0.717) is 13.0 Å². The van der Waals surface area contributed by atoms with E-state index in [2.05, 4.69) is 4.72 Å². The predicted octanol–water partition coefficient (Wildman–Crippen LogP) is -0.320. The first-order valence-corrected chi connectivity index (χ1v) is 6.40. The van der Waals surface area contributed by atoms with Crippen LogP contribution in [0.1, 0.15) is 19.8 Å². The molecule has 6 heteroatoms. The molecule has 0 aliphatic heterocycles. The number of nitrogens with one attached hydrogen (secondary N) is 1. The maximum atomic E-state index is 11.4. The van der Waals surface area contributed by atoms with E-state index in [1.54, 1.807) is 0 Å². The summed E-state index contributed by atoms with van der Waals surface area (Å²) in [5, 5.41) is 0. The fourth-order valence-corrected chi connectivity index (χ4v) is 2.35. The van der Waals surface area contributed by atoms with Crippen molar-refractivity contribution in [2.24, 2.45) is 5.73 Å². The summed E-state index contributed by atoms with van der Waals surface area (Å²) in [7, 11) is -1.73. The van der Waals surface area contributed by atoms with Crippen LogP contribution in [-0.4, -0.2) is 40.5 Å². The van der Waals surface area contributed by atoms with Gasteiger partial charge in [0.25, 0.3) is 0 Å². The lowest BCUT2D eigenvalue weighted by Crippen LogP contribution is -2.38. The van der Waals surface area contributed by atoms with Crippen LogP contribution in [0.15, 0.2) is 0 Å². The van der Waals surface area contributed by atoms with Crippen LogP contribution < -0.4 is 10.5 Å². The number of nitrogens with two attached hydrogens (primary N) is 1. The molecule has 0 bridgehead atoms. The van der Waals surface area contributed by atoms with Gasteiger partial charge in [0.15, 0.2) is 0 Å². The van der Waals surface area contributed by atoms with Gasteiger partial charge in [0.1, 0.15) is 0 Å². The van der Waals surface area contributed by atoms with Crippen LogP contribution >= 0.6 is 0 Å². The second kappa shape index (κ2) is 7.17. The Bertz CT molecular complexity index is 229. The first kappa shape index (κ1) is 13.8. The number of ether oxygens (including phenoxy) is 1. The minimum atomic E-state index is -3.21. The highest BCUT2D eigenvalue weighted by atomic mass is 32.2. The van der Waals surface area contributed by atoms with E-state index in [1.165, 1.54) is 7.11 Å². The van der Waals surface area contributed by atoms with Gasteiger partial charge in [-0.2, -0.15) is 0 Å². The van der Waals surface area contributed by atoms with Gasteiger partial charge in [0, 0.05) is 13.2 Å². The summed E-state index contributed by atoms with van der Waals surface area (Å²) in [5.74, 6) is 0.00454. The van der Waals surface area contributed by atoms with Crippen LogP contribution in [0.5, 0.6) is 0 Å². The highest BCUT2D eigenvalue weighted by Crippen LogP contribution is 1.99. The molecule has 3 N–H and O–H groups in total. The van der Waals surface area contributed by atoms with Gasteiger partial charge >= 0.3 is 0 Å². The van der Waals surface area contributed by atoms with Gasteiger partial charge < -0.3 is 10.5 Å². The molecule has 0 aromatic carbocycles. The average Bonchev–Trinajstić information content (AvgIpc) is 2.14. The van der Waals surface area contributed by atoms with Crippen LogP contribution in [0.25, 0.3) is 0 Å². The standard InChI is InChI=1S/C8H20N2O3S/c1-3-8(4-5-9)10-14(11,12)7-6-13-2/h8,10H,3-7,9H2,1-2H3. The summed E-state index contributed by atoms with van der Waals surface area (Å²) >= 11 is 0. The normalized spacial score (nSPS) is 14.2. The summed E-state index contributed by atoms with van der Waals surface area (Å²) in [6.07, 6.45) is 1.42. The third-order valence-corrected chi connectivity index (χ3v) is 3.31. The molecule has 0 amide bonds. The summed E-state index contributed by atoms with van der Waals surface area (Å²) in [4.78, 5) is 0. The number of hydrogen-bond donors (Lipinski definition) is 2. The van der Waals surface area contributed by atoms with Gasteiger partial charge in [0.2, 0.25) is 10.0 Å². The average molecular weight is 224 g/mol. The lowest BCUT2D eigenvalue weighted by atomic mass is 10.2. The Balaban J connectivity index is 4.04. The smallest absolute Gasteiger partial charge is 0.214 e. The zero-order valence-electron chi connectivity index (χ0n) is 8.82. The van der Waals surface area contributed by atoms with Gasteiger partial charge in [-0.15, -0.1) is 0 Å². The van der Waals surface area contributed by atoms with E-state index in [1.807, 2.05) is 6.92 Å². The van der Waals surface area contributed by atoms with E-state index >= 15 is 0 Å². The third-order valence-electron chi connectivity index (χ3n) is 1.91. The fraction of sp³-hybridized carbons (Fsp3) is 1.00. The maximum absolute atomic E-state index is 11.4. The summed E-state index contributed by atoms with van der Waals surface area (Å²) in [6.45, 7) is 2.64. The number of methoxy groups -OCH3 is 1. The van der Waals surface area contributed by atoms with Gasteiger partial charge in [-0.25, -0.2) is 13.1 Å². The third kappa shape index (κ3) is 6.31. The molecule has 0 heterocycles. The Kier molecular flexibility index (Phi) is 7.08. The highest BCUT2D eigenvalue weighted by molar-refractivity contribution is 7.89. The molecule has 0 spiro atoms. The van der Waals surface area contributed by atoms with Crippen molar-refractivity contribution in [3.8, 4) is 0 Å². The topological polar surface area (TPSA) is 81.4 Å². The number of sulfonamides is 1. The Hall–Kier alpha value is -0.170. The van der Waals surface area contributed by atoms with E-state index in [0.717, 1.165) is 6.42 Å². The molecule has 1 unspecified atom stereocenters. The molecule has 0 aliphatic rings. The van der Waals surface area contributed by atoms with Crippen LogP contribution in [0.4, 0.5) is 0 Å². The molecule has 5 nitrogen and oxygen atoms in total. The summed E-state index contributed by atoms with van der Waals surface area (Å²) in [6, 6.07) is -0.0538. The van der Waals surface area contributed by atoms with Crippen LogP contribution in [0.3, 0.4) is 0 Å². The number of rotatable bonds is 8. The molecule has 0 radical (unpaired) electrons. The van der Waals surface area contributed by atoms with Crippen molar-refractivity contribution in [2.45, 2.75) is 25.8 Å². The van der Waals surface area contributed by atoms with Crippen molar-refractivity contribution in [3.05, 3.63) is 0 Å². The second-order valence-electron chi connectivity index (χ2n) is 3.11. The van der Waals surface area contributed by atoms with Crippen molar-refractivity contribution in [1.29, 1.82) is 0 Å². The quantitative estimate of drug-likeness (QED) is 0.592. The Morgan fingerprint density at radius 3 is 2.57 bits per heavy atom. The van der Waals surface area contributed by atoms with Crippen molar-refractivity contribution >= 4 is 10.0 Å². The summed E-state index contributed by atoms with van der Waals surface area (Å²) < 4.78 is 30.1. The molecule has 0 saturated carbocycles. The van der Waals surface area contributed by atoms with E-state index in [4.69, 9.17) is 10.5 Å². The van der Waals surface area contributed by atoms with E-state index < -0.39 is 10.0 Å². The Morgan fingerprint density at radius 2 is 2.14 bits per heavy atom. The van der Waals surface area contributed by atoms with Crippen LogP contribution in [0.2, 0.25) is 0 Å². The second-order valence-corrected chi connectivity index (χ2v) is 4.99. The maximum Gasteiger partial charge on any atom is 0.214 e. The van der Waals surface area contributed by atoms with Crippen molar-refractivity contribution in [3.63, 3.8) is 0 Å². The molecule has 0 aromatic rings. The van der Waals surface area contributed by atoms with Crippen molar-refractivity contribution in [2.75, 3.05) is 26.0 Å². The molecular formula is C8H20N2O3S. The minimum Gasteiger partial charge on any atom is -0.384 e. The van der Waals surface area contributed by atoms with E-state index in [-0.39, 0.29) is 18.4 Å². The van der Waals surface area contributed by atoms with Gasteiger partial charge in [-0.3, -0.25) is 0 Å². The Labute approximate surface area is 86.1 Å². The SMILES string of the molecule is CCC(CCN)NS(=O)(=O)CCOC. The van der Waals surface area contributed by atoms with Gasteiger partial charge in [0.05, 0.1) is 12.4 Å². The lowest BCUT2D eigenvalue weighted by Gasteiger charge is -2.15. The lowest BCUT2D eigenvalue weighted by molar-refractivity contribution is 0.216. The molecule has 1 atom stereocenters. The molecule has 0 aliphatic carbocycles. The largest absolute Gasteiger partial charge is 0.384 e. The zero-order valence-corrected chi connectivity index (χ0v) is 9.64. The molecule has 0 fully saturated rings. The summed E-state index contributed by atoms with van der Waals surface area (Å²) in [5.41, 5.74) is 5.36. The molecule has 0 aromatic heterocycles. The highest BCUT2D eigenvalue weighted by Gasteiger charge is 2.15. The van der Waals surface area contributed by atoms with Gasteiger partial charge in [-0.05, 0) is 19.4 Å². The van der Waals surface area contributed by atoms with Crippen LogP contribution in [-0.2, 0) is 14.8 Å². The first-order chi connectivity index (χ1) is 6.55. The van der Waals surface area contributed by atoms with Crippen molar-refractivity contribution < 1.29 is 13.2 Å². The Morgan fingerprint density at radius 1 is 1.50 bits per heavy atom. The van der Waals surface area contributed by atoms with E-state index in [9.17, 15) is 8.42 Å². The number of hydrogen-bond acceptors (Lipinski definition) is 4. The molecular weight excluding hydrogens is 204 g/mol. The molecule has 14 heavy (non-hydrogen) atoms. The zero-order chi connectivity index (χ0) is 11.0. The first-order valence-electron chi connectivity index (χ1n) is 4.74. The molecule has 0 rings (SSSR count). The minimum absolute atomic E-state index is 0.00454. The van der Waals surface area contributed by atoms with Crippen LogP contribution in [0, 0.1) is 0 Å². The van der Waals surface area contributed by atoms with Crippen molar-refractivity contribution in [1.82, 2.24) is 4.72 Å². The molecule has 0 saturated heterocycles. The molecule has 86 valence electrons. The predicted molar refractivity (Wildman–Crippen MR) is 56.5 cm³/mol.